The molecule has 112 valence electrons. The summed E-state index contributed by atoms with van der Waals surface area (Å²) in [6.07, 6.45) is 3.64. The van der Waals surface area contributed by atoms with E-state index in [1.807, 2.05) is 0 Å². The third-order valence-electron chi connectivity index (χ3n) is 3.81. The first-order valence-electron chi connectivity index (χ1n) is 7.27. The molecule has 0 amide bonds. The molecule has 3 nitrogen and oxygen atoms in total. The number of hydrogen-bond acceptors (Lipinski definition) is 4. The fourth-order valence-corrected chi connectivity index (χ4v) is 3.13. The first kappa shape index (κ1) is 14.6. The fraction of sp³-hybridized carbons (Fsp3) is 0.438. The fourth-order valence-electron chi connectivity index (χ4n) is 2.47. The highest BCUT2D eigenvalue weighted by atomic mass is 32.1. The first-order valence-corrected chi connectivity index (χ1v) is 8.21. The molecular formula is C16H19FN2OS. The first-order chi connectivity index (χ1) is 10.2. The lowest BCUT2D eigenvalue weighted by Gasteiger charge is -2.22. The molecule has 0 radical (unpaired) electrons. The number of hydrogen-bond donors (Lipinski definition) is 1. The van der Waals surface area contributed by atoms with Crippen LogP contribution in [-0.4, -0.2) is 27.6 Å². The second-order valence-corrected chi connectivity index (χ2v) is 6.32. The average Bonchev–Trinajstić information content (AvgIpc) is 3.21. The molecular weight excluding hydrogens is 287 g/mol. The summed E-state index contributed by atoms with van der Waals surface area (Å²) in [7, 11) is 0. The highest BCUT2D eigenvalue weighted by Crippen LogP contribution is 2.29. The summed E-state index contributed by atoms with van der Waals surface area (Å²) < 4.78 is 12.8. The number of aliphatic hydroxyl groups excluding tert-OH is 1. The summed E-state index contributed by atoms with van der Waals surface area (Å²) in [4.78, 5) is 6.38. The van der Waals surface area contributed by atoms with Crippen molar-refractivity contribution in [3.8, 4) is 0 Å². The average molecular weight is 306 g/mol. The number of nitrogens with zero attached hydrogens (tertiary/aromatic N) is 2. The van der Waals surface area contributed by atoms with Crippen LogP contribution in [0, 0.1) is 5.82 Å². The van der Waals surface area contributed by atoms with E-state index in [0.29, 0.717) is 18.2 Å². The Bertz CT molecular complexity index is 554. The van der Waals surface area contributed by atoms with Crippen LogP contribution < -0.4 is 0 Å². The lowest BCUT2D eigenvalue weighted by molar-refractivity contribution is 0.133. The molecule has 1 fully saturated rings. The van der Waals surface area contributed by atoms with Crippen molar-refractivity contribution in [1.82, 2.24) is 9.88 Å². The topological polar surface area (TPSA) is 36.4 Å². The van der Waals surface area contributed by atoms with Gasteiger partial charge in [-0.1, -0.05) is 0 Å². The molecule has 1 aliphatic rings. The Morgan fingerprint density at radius 3 is 2.86 bits per heavy atom. The van der Waals surface area contributed by atoms with Crippen molar-refractivity contribution in [3.05, 3.63) is 52.2 Å². The number of rotatable bonds is 7. The predicted octanol–water partition coefficient (Wildman–Crippen LogP) is 3.37. The van der Waals surface area contributed by atoms with Gasteiger partial charge < -0.3 is 5.11 Å². The van der Waals surface area contributed by atoms with Gasteiger partial charge >= 0.3 is 0 Å². The third kappa shape index (κ3) is 4.09. The predicted molar refractivity (Wildman–Crippen MR) is 81.5 cm³/mol. The van der Waals surface area contributed by atoms with Crippen molar-refractivity contribution in [2.75, 3.05) is 6.54 Å². The van der Waals surface area contributed by atoms with E-state index in [1.54, 1.807) is 17.4 Å². The van der Waals surface area contributed by atoms with Crippen molar-refractivity contribution >= 4 is 11.3 Å². The summed E-state index contributed by atoms with van der Waals surface area (Å²) in [6.45, 7) is 1.78. The molecule has 5 heteroatoms. The van der Waals surface area contributed by atoms with Gasteiger partial charge in [-0.2, -0.15) is 11.3 Å². The molecule has 1 saturated carbocycles. The van der Waals surface area contributed by atoms with Crippen LogP contribution in [0.4, 0.5) is 4.39 Å². The van der Waals surface area contributed by atoms with E-state index in [4.69, 9.17) is 0 Å². The van der Waals surface area contributed by atoms with E-state index < -0.39 is 6.10 Å². The Balaban J connectivity index is 1.55. The summed E-state index contributed by atoms with van der Waals surface area (Å²) in [6, 6.07) is 5.70. The van der Waals surface area contributed by atoms with Gasteiger partial charge in [0.1, 0.15) is 5.82 Å². The number of thiophene rings is 1. The normalized spacial score (nSPS) is 16.3. The molecule has 3 rings (SSSR count). The van der Waals surface area contributed by atoms with E-state index >= 15 is 0 Å². The van der Waals surface area contributed by atoms with Crippen LogP contribution in [0.3, 0.4) is 0 Å². The Morgan fingerprint density at radius 1 is 1.38 bits per heavy atom. The van der Waals surface area contributed by atoms with Gasteiger partial charge in [0, 0.05) is 19.1 Å². The molecule has 2 aromatic rings. The van der Waals surface area contributed by atoms with E-state index in [9.17, 15) is 9.50 Å². The van der Waals surface area contributed by atoms with Crippen LogP contribution in [0.1, 0.15) is 36.6 Å². The lowest BCUT2D eigenvalue weighted by atomic mass is 10.1. The lowest BCUT2D eigenvalue weighted by Crippen LogP contribution is -2.27. The summed E-state index contributed by atoms with van der Waals surface area (Å²) in [5.74, 6) is -0.372. The van der Waals surface area contributed by atoms with Gasteiger partial charge in [0.15, 0.2) is 0 Å². The number of halogens is 1. The van der Waals surface area contributed by atoms with E-state index in [2.05, 4.69) is 26.7 Å². The van der Waals surface area contributed by atoms with E-state index in [0.717, 1.165) is 19.3 Å². The minimum Gasteiger partial charge on any atom is -0.387 e. The SMILES string of the molecule is OC(CCN(Cc1ccsc1)C1CC1)c1ccc(F)cn1. The van der Waals surface area contributed by atoms with Gasteiger partial charge in [-0.15, -0.1) is 0 Å². The molecule has 0 aliphatic heterocycles. The van der Waals surface area contributed by atoms with Gasteiger partial charge in [0.25, 0.3) is 0 Å². The quantitative estimate of drug-likeness (QED) is 0.852. The van der Waals surface area contributed by atoms with Crippen LogP contribution in [0.15, 0.2) is 35.2 Å². The van der Waals surface area contributed by atoms with Crippen molar-refractivity contribution in [2.24, 2.45) is 0 Å². The molecule has 1 atom stereocenters. The number of aromatic nitrogens is 1. The third-order valence-corrected chi connectivity index (χ3v) is 4.54. The Hall–Kier alpha value is -1.30. The Kier molecular flexibility index (Phi) is 4.63. The van der Waals surface area contributed by atoms with E-state index in [-0.39, 0.29) is 5.82 Å². The standard InChI is InChI=1S/C16H19FN2OS/c17-13-1-4-15(18-9-13)16(20)5-7-19(14-2-3-14)10-12-6-8-21-11-12/h1,4,6,8-9,11,14,16,20H,2-3,5,7,10H2. The summed E-state index contributed by atoms with van der Waals surface area (Å²) in [5, 5.41) is 14.4. The van der Waals surface area contributed by atoms with Crippen LogP contribution in [0.25, 0.3) is 0 Å². The van der Waals surface area contributed by atoms with Crippen molar-refractivity contribution in [2.45, 2.75) is 38.0 Å². The Labute approximate surface area is 128 Å². The molecule has 1 unspecified atom stereocenters. The molecule has 1 N–H and O–H groups in total. The zero-order valence-electron chi connectivity index (χ0n) is 11.8. The van der Waals surface area contributed by atoms with E-state index in [1.165, 1.54) is 24.5 Å². The highest BCUT2D eigenvalue weighted by Gasteiger charge is 2.29. The van der Waals surface area contributed by atoms with Gasteiger partial charge in [-0.25, -0.2) is 4.39 Å². The van der Waals surface area contributed by atoms with Gasteiger partial charge in [-0.3, -0.25) is 9.88 Å². The van der Waals surface area contributed by atoms with Crippen molar-refractivity contribution in [3.63, 3.8) is 0 Å². The second kappa shape index (κ2) is 6.64. The minimum atomic E-state index is -0.630. The molecule has 2 heterocycles. The monoisotopic (exact) mass is 306 g/mol. The second-order valence-electron chi connectivity index (χ2n) is 5.54. The smallest absolute Gasteiger partial charge is 0.141 e. The van der Waals surface area contributed by atoms with Crippen molar-refractivity contribution in [1.29, 1.82) is 0 Å². The maximum Gasteiger partial charge on any atom is 0.141 e. The molecule has 21 heavy (non-hydrogen) atoms. The van der Waals surface area contributed by atoms with Crippen LogP contribution in [0.2, 0.25) is 0 Å². The van der Waals surface area contributed by atoms with Crippen LogP contribution in [-0.2, 0) is 6.54 Å². The maximum atomic E-state index is 12.8. The molecule has 0 saturated heterocycles. The zero-order chi connectivity index (χ0) is 14.7. The highest BCUT2D eigenvalue weighted by molar-refractivity contribution is 7.07. The molecule has 0 bridgehead atoms. The largest absolute Gasteiger partial charge is 0.387 e. The molecule has 1 aliphatic carbocycles. The molecule has 0 aromatic carbocycles. The van der Waals surface area contributed by atoms with Gasteiger partial charge in [0.05, 0.1) is 18.0 Å². The number of aliphatic hydroxyl groups is 1. The molecule has 0 spiro atoms. The van der Waals surface area contributed by atoms with Crippen LogP contribution in [0.5, 0.6) is 0 Å². The Morgan fingerprint density at radius 2 is 2.24 bits per heavy atom. The zero-order valence-corrected chi connectivity index (χ0v) is 12.6. The van der Waals surface area contributed by atoms with Crippen molar-refractivity contribution < 1.29 is 9.50 Å². The maximum absolute atomic E-state index is 12.8. The summed E-state index contributed by atoms with van der Waals surface area (Å²) in [5.41, 5.74) is 1.88. The number of pyridine rings is 1. The molecule has 2 aromatic heterocycles. The minimum absolute atomic E-state index is 0.372. The summed E-state index contributed by atoms with van der Waals surface area (Å²) >= 11 is 1.71. The van der Waals surface area contributed by atoms with Crippen LogP contribution >= 0.6 is 11.3 Å². The van der Waals surface area contributed by atoms with Gasteiger partial charge in [0.2, 0.25) is 0 Å². The van der Waals surface area contributed by atoms with Gasteiger partial charge in [-0.05, 0) is 53.8 Å².